The van der Waals surface area contributed by atoms with Gasteiger partial charge >= 0.3 is 0 Å². The Kier molecular flexibility index (Phi) is 8.73. The molecule has 3 atom stereocenters. The molecule has 0 amide bonds. The SMILES string of the molecule is CC(C)CC(C)OCC(O)CNCC(C)(O)CO. The van der Waals surface area contributed by atoms with Crippen molar-refractivity contribution in [2.75, 3.05) is 26.3 Å². The summed E-state index contributed by atoms with van der Waals surface area (Å²) in [6.45, 7) is 8.35. The van der Waals surface area contributed by atoms with Crippen LogP contribution in [-0.4, -0.2) is 59.4 Å². The van der Waals surface area contributed by atoms with E-state index in [2.05, 4.69) is 19.2 Å². The summed E-state index contributed by atoms with van der Waals surface area (Å²) in [7, 11) is 0. The topological polar surface area (TPSA) is 82.0 Å². The molecule has 3 unspecified atom stereocenters. The zero-order valence-electron chi connectivity index (χ0n) is 12.0. The lowest BCUT2D eigenvalue weighted by molar-refractivity contribution is -0.0178. The van der Waals surface area contributed by atoms with E-state index in [4.69, 9.17) is 9.84 Å². The van der Waals surface area contributed by atoms with Crippen LogP contribution in [0.2, 0.25) is 0 Å². The number of ether oxygens (including phenoxy) is 1. The second kappa shape index (κ2) is 8.82. The first-order chi connectivity index (χ1) is 8.26. The molecule has 0 aliphatic rings. The minimum atomic E-state index is -1.15. The molecule has 18 heavy (non-hydrogen) atoms. The van der Waals surface area contributed by atoms with E-state index in [1.54, 1.807) is 0 Å². The summed E-state index contributed by atoms with van der Waals surface area (Å²) < 4.78 is 5.52. The molecule has 0 radical (unpaired) electrons. The number of hydrogen-bond donors (Lipinski definition) is 4. The molecular formula is C13H29NO4. The predicted octanol–water partition coefficient (Wildman–Crippen LogP) is 0.131. The second-order valence-electron chi connectivity index (χ2n) is 5.71. The Hall–Kier alpha value is -0.200. The van der Waals surface area contributed by atoms with Crippen molar-refractivity contribution in [1.82, 2.24) is 5.32 Å². The molecular weight excluding hydrogens is 234 g/mol. The van der Waals surface area contributed by atoms with Crippen LogP contribution in [0.3, 0.4) is 0 Å². The van der Waals surface area contributed by atoms with E-state index >= 15 is 0 Å². The maximum Gasteiger partial charge on any atom is 0.0972 e. The van der Waals surface area contributed by atoms with Crippen LogP contribution in [0.15, 0.2) is 0 Å². The van der Waals surface area contributed by atoms with Gasteiger partial charge in [0, 0.05) is 13.1 Å². The van der Waals surface area contributed by atoms with Gasteiger partial charge in [-0.1, -0.05) is 13.8 Å². The fourth-order valence-corrected chi connectivity index (χ4v) is 1.63. The molecule has 0 aliphatic carbocycles. The molecule has 0 aliphatic heterocycles. The lowest BCUT2D eigenvalue weighted by Gasteiger charge is -2.22. The van der Waals surface area contributed by atoms with Crippen molar-refractivity contribution in [1.29, 1.82) is 0 Å². The number of aliphatic hydroxyl groups excluding tert-OH is 2. The van der Waals surface area contributed by atoms with Crippen molar-refractivity contribution in [2.45, 2.75) is 51.9 Å². The summed E-state index contributed by atoms with van der Waals surface area (Å²) in [5.74, 6) is 0.579. The first-order valence-electron chi connectivity index (χ1n) is 6.60. The van der Waals surface area contributed by atoms with E-state index in [0.29, 0.717) is 12.5 Å². The molecule has 0 saturated heterocycles. The van der Waals surface area contributed by atoms with Crippen LogP contribution >= 0.6 is 0 Å². The standard InChI is InChI=1S/C13H29NO4/c1-10(2)5-11(3)18-7-12(16)6-14-8-13(4,17)9-15/h10-12,14-17H,5-9H2,1-4H3. The van der Waals surface area contributed by atoms with E-state index < -0.39 is 11.7 Å². The summed E-state index contributed by atoms with van der Waals surface area (Å²) in [5.41, 5.74) is -1.15. The predicted molar refractivity (Wildman–Crippen MR) is 71.5 cm³/mol. The number of rotatable bonds is 10. The molecule has 0 spiro atoms. The van der Waals surface area contributed by atoms with Crippen LogP contribution in [0, 0.1) is 5.92 Å². The Morgan fingerprint density at radius 2 is 1.89 bits per heavy atom. The molecule has 0 aromatic rings. The zero-order valence-corrected chi connectivity index (χ0v) is 12.0. The average Bonchev–Trinajstić information content (AvgIpc) is 2.25. The van der Waals surface area contributed by atoms with Gasteiger partial charge in [0.15, 0.2) is 0 Å². The van der Waals surface area contributed by atoms with Gasteiger partial charge in [-0.15, -0.1) is 0 Å². The van der Waals surface area contributed by atoms with E-state index in [0.717, 1.165) is 6.42 Å². The van der Waals surface area contributed by atoms with E-state index in [9.17, 15) is 10.2 Å². The van der Waals surface area contributed by atoms with Crippen molar-refractivity contribution < 1.29 is 20.1 Å². The van der Waals surface area contributed by atoms with Gasteiger partial charge < -0.3 is 25.4 Å². The third-order valence-electron chi connectivity index (χ3n) is 2.60. The molecule has 0 bridgehead atoms. The van der Waals surface area contributed by atoms with E-state index in [-0.39, 0.29) is 25.9 Å². The third-order valence-corrected chi connectivity index (χ3v) is 2.60. The lowest BCUT2D eigenvalue weighted by atomic mass is 10.1. The Morgan fingerprint density at radius 1 is 1.28 bits per heavy atom. The van der Waals surface area contributed by atoms with Gasteiger partial charge in [-0.05, 0) is 26.2 Å². The number of aliphatic hydroxyl groups is 3. The summed E-state index contributed by atoms with van der Waals surface area (Å²) >= 11 is 0. The Bertz CT molecular complexity index is 209. The molecule has 5 nitrogen and oxygen atoms in total. The maximum atomic E-state index is 9.67. The van der Waals surface area contributed by atoms with Crippen LogP contribution in [-0.2, 0) is 4.74 Å². The smallest absolute Gasteiger partial charge is 0.0972 e. The van der Waals surface area contributed by atoms with Crippen LogP contribution in [0.1, 0.15) is 34.1 Å². The lowest BCUT2D eigenvalue weighted by Crippen LogP contribution is -2.44. The summed E-state index contributed by atoms with van der Waals surface area (Å²) in [6.07, 6.45) is 0.508. The van der Waals surface area contributed by atoms with Crippen molar-refractivity contribution in [3.63, 3.8) is 0 Å². The van der Waals surface area contributed by atoms with Crippen LogP contribution in [0.5, 0.6) is 0 Å². The van der Waals surface area contributed by atoms with Gasteiger partial charge in [0.25, 0.3) is 0 Å². The van der Waals surface area contributed by atoms with Crippen molar-refractivity contribution in [2.24, 2.45) is 5.92 Å². The normalized spacial score (nSPS) is 18.7. The first kappa shape index (κ1) is 17.8. The molecule has 110 valence electrons. The minimum Gasteiger partial charge on any atom is -0.393 e. The van der Waals surface area contributed by atoms with Crippen molar-refractivity contribution in [3.8, 4) is 0 Å². The van der Waals surface area contributed by atoms with Gasteiger partial charge in [0.1, 0.15) is 0 Å². The molecule has 5 heteroatoms. The van der Waals surface area contributed by atoms with Crippen LogP contribution < -0.4 is 5.32 Å². The fraction of sp³-hybridized carbons (Fsp3) is 1.00. The summed E-state index contributed by atoms with van der Waals surface area (Å²) in [5, 5.41) is 30.9. The highest BCUT2D eigenvalue weighted by Crippen LogP contribution is 2.07. The highest BCUT2D eigenvalue weighted by Gasteiger charge is 2.18. The first-order valence-corrected chi connectivity index (χ1v) is 6.60. The quantitative estimate of drug-likeness (QED) is 0.450. The highest BCUT2D eigenvalue weighted by molar-refractivity contribution is 4.74. The van der Waals surface area contributed by atoms with Gasteiger partial charge in [-0.25, -0.2) is 0 Å². The third kappa shape index (κ3) is 9.79. The molecule has 0 aromatic carbocycles. The Labute approximate surface area is 110 Å². The van der Waals surface area contributed by atoms with Gasteiger partial charge in [-0.3, -0.25) is 0 Å². The fourth-order valence-electron chi connectivity index (χ4n) is 1.63. The summed E-state index contributed by atoms with van der Waals surface area (Å²) in [6, 6.07) is 0. The van der Waals surface area contributed by atoms with Crippen molar-refractivity contribution >= 4 is 0 Å². The van der Waals surface area contributed by atoms with Gasteiger partial charge in [0.05, 0.1) is 31.0 Å². The minimum absolute atomic E-state index is 0.139. The number of nitrogens with one attached hydrogen (secondary N) is 1. The molecule has 0 rings (SSSR count). The molecule has 4 N–H and O–H groups in total. The monoisotopic (exact) mass is 263 g/mol. The van der Waals surface area contributed by atoms with Crippen LogP contribution in [0.25, 0.3) is 0 Å². The van der Waals surface area contributed by atoms with Crippen LogP contribution in [0.4, 0.5) is 0 Å². The maximum absolute atomic E-state index is 9.67. The molecule has 0 saturated carbocycles. The largest absolute Gasteiger partial charge is 0.393 e. The van der Waals surface area contributed by atoms with Gasteiger partial charge in [-0.2, -0.15) is 0 Å². The van der Waals surface area contributed by atoms with E-state index in [1.165, 1.54) is 6.92 Å². The molecule has 0 heterocycles. The average molecular weight is 263 g/mol. The van der Waals surface area contributed by atoms with Gasteiger partial charge in [0.2, 0.25) is 0 Å². The molecule has 0 fully saturated rings. The zero-order chi connectivity index (χ0) is 14.2. The second-order valence-corrected chi connectivity index (χ2v) is 5.71. The highest BCUT2D eigenvalue weighted by atomic mass is 16.5. The molecule has 0 aromatic heterocycles. The number of hydrogen-bond acceptors (Lipinski definition) is 5. The van der Waals surface area contributed by atoms with E-state index in [1.807, 2.05) is 6.92 Å². The Balaban J connectivity index is 3.63. The Morgan fingerprint density at radius 3 is 2.39 bits per heavy atom. The summed E-state index contributed by atoms with van der Waals surface area (Å²) in [4.78, 5) is 0. The van der Waals surface area contributed by atoms with Crippen molar-refractivity contribution in [3.05, 3.63) is 0 Å².